The molecule has 0 radical (unpaired) electrons. The highest BCUT2D eigenvalue weighted by atomic mass is 16.5. The lowest BCUT2D eigenvalue weighted by Gasteiger charge is -2.17. The van der Waals surface area contributed by atoms with Gasteiger partial charge in [0.1, 0.15) is 5.75 Å². The first-order valence-electron chi connectivity index (χ1n) is 8.50. The summed E-state index contributed by atoms with van der Waals surface area (Å²) >= 11 is 0. The molecule has 4 rings (SSSR count). The molecule has 5 nitrogen and oxygen atoms in total. The van der Waals surface area contributed by atoms with Crippen LogP contribution in [0.1, 0.15) is 27.2 Å². The van der Waals surface area contributed by atoms with Crippen LogP contribution < -0.4 is 4.74 Å². The fourth-order valence-electron chi connectivity index (χ4n) is 3.26. The summed E-state index contributed by atoms with van der Waals surface area (Å²) in [5.41, 5.74) is 4.40. The van der Waals surface area contributed by atoms with E-state index in [0.29, 0.717) is 24.5 Å². The number of hydrogen-bond acceptors (Lipinski definition) is 4. The summed E-state index contributed by atoms with van der Waals surface area (Å²) in [6.45, 7) is 2.93. The molecule has 0 spiro atoms. The van der Waals surface area contributed by atoms with Crippen LogP contribution in [0.2, 0.25) is 0 Å². The molecule has 1 aliphatic heterocycles. The van der Waals surface area contributed by atoms with E-state index in [1.54, 1.807) is 12.0 Å². The number of benzene rings is 2. The van der Waals surface area contributed by atoms with E-state index in [4.69, 9.17) is 4.74 Å². The summed E-state index contributed by atoms with van der Waals surface area (Å²) in [7, 11) is 1.61. The lowest BCUT2D eigenvalue weighted by molar-refractivity contribution is 0.0749. The molecule has 5 heteroatoms. The summed E-state index contributed by atoms with van der Waals surface area (Å²) in [5, 5.41) is 0. The molecule has 1 aromatic heterocycles. The first kappa shape index (κ1) is 16.3. The molecule has 130 valence electrons. The molecule has 0 unspecified atom stereocenters. The van der Waals surface area contributed by atoms with Gasteiger partial charge in [-0.2, -0.15) is 0 Å². The van der Waals surface area contributed by atoms with Crippen molar-refractivity contribution in [3.63, 3.8) is 0 Å². The monoisotopic (exact) mass is 345 g/mol. The number of amides is 1. The van der Waals surface area contributed by atoms with Crippen molar-refractivity contribution >= 4 is 5.91 Å². The molecule has 26 heavy (non-hydrogen) atoms. The molecule has 0 bridgehead atoms. The average molecular weight is 345 g/mol. The quantitative estimate of drug-likeness (QED) is 0.727. The molecule has 3 aromatic rings. The molecule has 1 amide bonds. The van der Waals surface area contributed by atoms with E-state index in [1.807, 2.05) is 61.7 Å². The van der Waals surface area contributed by atoms with Gasteiger partial charge in [-0.25, -0.2) is 9.97 Å². The molecule has 0 fully saturated rings. The third kappa shape index (κ3) is 2.81. The highest BCUT2D eigenvalue weighted by Gasteiger charge is 2.27. The second-order valence-electron chi connectivity index (χ2n) is 6.33. The highest BCUT2D eigenvalue weighted by Crippen LogP contribution is 2.27. The third-order valence-electron chi connectivity index (χ3n) is 4.71. The molecular weight excluding hydrogens is 326 g/mol. The minimum Gasteiger partial charge on any atom is -0.496 e. The third-order valence-corrected chi connectivity index (χ3v) is 4.71. The number of fused-ring (bicyclic) bond motifs is 1. The lowest BCUT2D eigenvalue weighted by atomic mass is 10.1. The van der Waals surface area contributed by atoms with Crippen molar-refractivity contribution in [1.82, 2.24) is 14.9 Å². The lowest BCUT2D eigenvalue weighted by Crippen LogP contribution is -2.26. The van der Waals surface area contributed by atoms with Gasteiger partial charge < -0.3 is 9.64 Å². The zero-order valence-corrected chi connectivity index (χ0v) is 14.8. The fraction of sp³-hybridized carbons (Fsp3) is 0.190. The SMILES string of the molecule is COc1cccc(C(=O)N2Cc3cnc(-c4ccccc4)nc3C2)c1C. The van der Waals surface area contributed by atoms with Crippen LogP contribution in [0.5, 0.6) is 5.75 Å². The Morgan fingerprint density at radius 1 is 1.08 bits per heavy atom. The number of aromatic nitrogens is 2. The second kappa shape index (κ2) is 6.59. The van der Waals surface area contributed by atoms with Crippen LogP contribution in [0.25, 0.3) is 11.4 Å². The Bertz CT molecular complexity index is 970. The van der Waals surface area contributed by atoms with E-state index in [9.17, 15) is 4.79 Å². The Hall–Kier alpha value is -3.21. The number of rotatable bonds is 3. The molecule has 1 aliphatic rings. The Balaban J connectivity index is 1.60. The van der Waals surface area contributed by atoms with Gasteiger partial charge in [-0.1, -0.05) is 36.4 Å². The van der Waals surface area contributed by atoms with Gasteiger partial charge in [0.15, 0.2) is 5.82 Å². The smallest absolute Gasteiger partial charge is 0.254 e. The van der Waals surface area contributed by atoms with Gasteiger partial charge in [-0.15, -0.1) is 0 Å². The van der Waals surface area contributed by atoms with E-state index < -0.39 is 0 Å². The van der Waals surface area contributed by atoms with E-state index in [2.05, 4.69) is 9.97 Å². The van der Waals surface area contributed by atoms with Crippen LogP contribution in [0.4, 0.5) is 0 Å². The van der Waals surface area contributed by atoms with Crippen molar-refractivity contribution < 1.29 is 9.53 Å². The van der Waals surface area contributed by atoms with Crippen LogP contribution >= 0.6 is 0 Å². The highest BCUT2D eigenvalue weighted by molar-refractivity contribution is 5.96. The van der Waals surface area contributed by atoms with Gasteiger partial charge in [-0.3, -0.25) is 4.79 Å². The first-order valence-corrected chi connectivity index (χ1v) is 8.50. The van der Waals surface area contributed by atoms with E-state index in [0.717, 1.165) is 28.1 Å². The van der Waals surface area contributed by atoms with Gasteiger partial charge in [0, 0.05) is 35.0 Å². The standard InChI is InChI=1S/C21H19N3O2/c1-14-17(9-6-10-19(14)26-2)21(25)24-12-16-11-22-20(23-18(16)13-24)15-7-4-3-5-8-15/h3-11H,12-13H2,1-2H3. The molecular formula is C21H19N3O2. The predicted molar refractivity (Wildman–Crippen MR) is 98.8 cm³/mol. The van der Waals surface area contributed by atoms with Crippen molar-refractivity contribution in [2.24, 2.45) is 0 Å². The summed E-state index contributed by atoms with van der Waals surface area (Å²) in [5.74, 6) is 1.40. The van der Waals surface area contributed by atoms with Crippen LogP contribution in [0, 0.1) is 6.92 Å². The summed E-state index contributed by atoms with van der Waals surface area (Å²) in [6, 6.07) is 15.4. The molecule has 0 atom stereocenters. The van der Waals surface area contributed by atoms with Crippen LogP contribution in [-0.2, 0) is 13.1 Å². The van der Waals surface area contributed by atoms with Gasteiger partial charge in [0.2, 0.25) is 0 Å². The zero-order chi connectivity index (χ0) is 18.1. The number of carbonyl (C=O) groups excluding carboxylic acids is 1. The minimum absolute atomic E-state index is 0.0133. The van der Waals surface area contributed by atoms with E-state index >= 15 is 0 Å². The van der Waals surface area contributed by atoms with Crippen molar-refractivity contribution in [2.75, 3.05) is 7.11 Å². The number of methoxy groups -OCH3 is 1. The van der Waals surface area contributed by atoms with Gasteiger partial charge in [0.05, 0.1) is 19.3 Å². The number of nitrogens with zero attached hydrogens (tertiary/aromatic N) is 3. The maximum absolute atomic E-state index is 13.0. The van der Waals surface area contributed by atoms with Gasteiger partial charge in [-0.05, 0) is 19.1 Å². The Morgan fingerprint density at radius 2 is 1.88 bits per heavy atom. The first-order chi connectivity index (χ1) is 12.7. The van der Waals surface area contributed by atoms with Gasteiger partial charge >= 0.3 is 0 Å². The van der Waals surface area contributed by atoms with Crippen molar-refractivity contribution in [3.8, 4) is 17.1 Å². The Morgan fingerprint density at radius 3 is 2.65 bits per heavy atom. The molecule has 2 aromatic carbocycles. The van der Waals surface area contributed by atoms with Crippen LogP contribution in [0.3, 0.4) is 0 Å². The fourth-order valence-corrected chi connectivity index (χ4v) is 3.26. The Labute approximate surface area is 152 Å². The predicted octanol–water partition coefficient (Wildman–Crippen LogP) is 3.62. The summed E-state index contributed by atoms with van der Waals surface area (Å²) in [4.78, 5) is 23.9. The van der Waals surface area contributed by atoms with Crippen LogP contribution in [-0.4, -0.2) is 27.9 Å². The average Bonchev–Trinajstić information content (AvgIpc) is 3.11. The molecule has 2 heterocycles. The molecule has 0 aliphatic carbocycles. The topological polar surface area (TPSA) is 55.3 Å². The normalized spacial score (nSPS) is 12.8. The maximum Gasteiger partial charge on any atom is 0.254 e. The maximum atomic E-state index is 13.0. The van der Waals surface area contributed by atoms with Crippen molar-refractivity contribution in [2.45, 2.75) is 20.0 Å². The van der Waals surface area contributed by atoms with Crippen molar-refractivity contribution in [3.05, 3.63) is 77.1 Å². The van der Waals surface area contributed by atoms with Crippen molar-refractivity contribution in [1.29, 1.82) is 0 Å². The zero-order valence-electron chi connectivity index (χ0n) is 14.8. The number of hydrogen-bond donors (Lipinski definition) is 0. The number of ether oxygens (including phenoxy) is 1. The molecule has 0 saturated carbocycles. The molecule has 0 saturated heterocycles. The van der Waals surface area contributed by atoms with Crippen LogP contribution in [0.15, 0.2) is 54.7 Å². The largest absolute Gasteiger partial charge is 0.496 e. The summed E-state index contributed by atoms with van der Waals surface area (Å²) < 4.78 is 5.33. The molecule has 0 N–H and O–H groups in total. The van der Waals surface area contributed by atoms with E-state index in [-0.39, 0.29) is 5.91 Å². The summed E-state index contributed by atoms with van der Waals surface area (Å²) in [6.07, 6.45) is 1.83. The van der Waals surface area contributed by atoms with Gasteiger partial charge in [0.25, 0.3) is 5.91 Å². The Kier molecular flexibility index (Phi) is 4.13. The number of carbonyl (C=O) groups is 1. The van der Waals surface area contributed by atoms with E-state index in [1.165, 1.54) is 0 Å². The second-order valence-corrected chi connectivity index (χ2v) is 6.33. The minimum atomic E-state index is -0.0133.